The molecule has 0 bridgehead atoms. The van der Waals surface area contributed by atoms with E-state index in [9.17, 15) is 4.39 Å². The Morgan fingerprint density at radius 1 is 1.18 bits per heavy atom. The summed E-state index contributed by atoms with van der Waals surface area (Å²) in [5.41, 5.74) is 2.23. The van der Waals surface area contributed by atoms with Gasteiger partial charge < -0.3 is 4.42 Å². The van der Waals surface area contributed by atoms with Crippen molar-refractivity contribution in [2.75, 3.05) is 5.33 Å². The van der Waals surface area contributed by atoms with Crippen LogP contribution < -0.4 is 0 Å². The summed E-state index contributed by atoms with van der Waals surface area (Å²) >= 11 is 3.51. The van der Waals surface area contributed by atoms with Crippen LogP contribution in [0.2, 0.25) is 0 Å². The molecule has 0 fully saturated rings. The van der Waals surface area contributed by atoms with Crippen LogP contribution in [-0.4, -0.2) is 5.33 Å². The lowest BCUT2D eigenvalue weighted by molar-refractivity contribution is 0.548. The Morgan fingerprint density at radius 2 is 2.00 bits per heavy atom. The highest BCUT2D eigenvalue weighted by atomic mass is 79.9. The van der Waals surface area contributed by atoms with Gasteiger partial charge in [0, 0.05) is 5.33 Å². The van der Waals surface area contributed by atoms with Gasteiger partial charge in [-0.25, -0.2) is 4.39 Å². The van der Waals surface area contributed by atoms with Crippen molar-refractivity contribution in [2.45, 2.75) is 12.8 Å². The Balaban J connectivity index is 2.00. The van der Waals surface area contributed by atoms with Crippen LogP contribution in [0.25, 0.3) is 0 Å². The second-order valence-electron chi connectivity index (χ2n) is 4.19. The zero-order valence-electron chi connectivity index (χ0n) is 9.40. The van der Waals surface area contributed by atoms with E-state index in [4.69, 9.17) is 4.42 Å². The predicted molar refractivity (Wildman–Crippen MR) is 69.8 cm³/mol. The summed E-state index contributed by atoms with van der Waals surface area (Å²) < 4.78 is 18.1. The fourth-order valence-corrected chi connectivity index (χ4v) is 2.38. The third-order valence-corrected chi connectivity index (χ3v) is 3.65. The number of hydrogen-bond acceptors (Lipinski definition) is 1. The van der Waals surface area contributed by atoms with Crippen molar-refractivity contribution in [3.05, 3.63) is 59.8 Å². The molecule has 1 atom stereocenters. The lowest BCUT2D eigenvalue weighted by atomic mass is 9.95. The van der Waals surface area contributed by atoms with Crippen molar-refractivity contribution >= 4 is 15.9 Å². The second-order valence-corrected chi connectivity index (χ2v) is 4.84. The maximum atomic E-state index is 13.1. The summed E-state index contributed by atoms with van der Waals surface area (Å²) in [6.45, 7) is 0. The van der Waals surface area contributed by atoms with Crippen LogP contribution >= 0.6 is 15.9 Å². The van der Waals surface area contributed by atoms with Gasteiger partial charge in [-0.2, -0.15) is 0 Å². The molecule has 90 valence electrons. The lowest BCUT2D eigenvalue weighted by Crippen LogP contribution is -2.09. The second kappa shape index (κ2) is 6.01. The van der Waals surface area contributed by atoms with Gasteiger partial charge in [0.05, 0.1) is 12.5 Å². The fourth-order valence-electron chi connectivity index (χ4n) is 1.92. The minimum Gasteiger partial charge on any atom is -0.472 e. The van der Waals surface area contributed by atoms with Crippen molar-refractivity contribution in [3.63, 3.8) is 0 Å². The normalized spacial score (nSPS) is 12.6. The van der Waals surface area contributed by atoms with Gasteiger partial charge in [0.15, 0.2) is 0 Å². The van der Waals surface area contributed by atoms with Crippen LogP contribution in [0.4, 0.5) is 4.39 Å². The average Bonchev–Trinajstić information content (AvgIpc) is 2.81. The highest BCUT2D eigenvalue weighted by molar-refractivity contribution is 9.09. The van der Waals surface area contributed by atoms with E-state index in [-0.39, 0.29) is 5.82 Å². The fraction of sp³-hybridized carbons (Fsp3) is 0.286. The molecule has 0 aliphatic rings. The van der Waals surface area contributed by atoms with Crippen LogP contribution in [0.15, 0.2) is 47.3 Å². The van der Waals surface area contributed by atoms with E-state index in [0.717, 1.165) is 23.7 Å². The largest absolute Gasteiger partial charge is 0.472 e. The molecule has 1 aromatic heterocycles. The zero-order valence-corrected chi connectivity index (χ0v) is 11.0. The molecule has 3 heteroatoms. The summed E-state index contributed by atoms with van der Waals surface area (Å²) in [6, 6.07) is 8.77. The van der Waals surface area contributed by atoms with Gasteiger partial charge in [-0.05, 0) is 48.1 Å². The first-order valence-corrected chi connectivity index (χ1v) is 6.71. The lowest BCUT2D eigenvalue weighted by Gasteiger charge is -2.12. The molecule has 0 radical (unpaired) electrons. The first-order chi connectivity index (χ1) is 8.28. The monoisotopic (exact) mass is 296 g/mol. The molecule has 0 N–H and O–H groups in total. The van der Waals surface area contributed by atoms with Gasteiger partial charge in [0.1, 0.15) is 5.82 Å². The van der Waals surface area contributed by atoms with Gasteiger partial charge in [-0.3, -0.25) is 0 Å². The third-order valence-electron chi connectivity index (χ3n) is 2.74. The Labute approximate surface area is 109 Å². The molecule has 17 heavy (non-hydrogen) atoms. The van der Waals surface area contributed by atoms with Gasteiger partial charge in [-0.1, -0.05) is 28.1 Å². The molecule has 0 amide bonds. The Kier molecular flexibility index (Phi) is 4.37. The molecule has 0 spiro atoms. The number of rotatable bonds is 5. The summed E-state index contributed by atoms with van der Waals surface area (Å²) in [4.78, 5) is 0. The summed E-state index contributed by atoms with van der Waals surface area (Å²) in [5.74, 6) is 0.286. The topological polar surface area (TPSA) is 13.1 Å². The molecule has 1 aromatic carbocycles. The molecule has 2 rings (SSSR count). The predicted octanol–water partition coefficient (Wildman–Crippen LogP) is 4.22. The van der Waals surface area contributed by atoms with Gasteiger partial charge in [0.25, 0.3) is 0 Å². The smallest absolute Gasteiger partial charge is 0.123 e. The number of alkyl halides is 1. The van der Waals surface area contributed by atoms with E-state index >= 15 is 0 Å². The molecule has 2 aromatic rings. The number of hydrogen-bond donors (Lipinski definition) is 0. The maximum absolute atomic E-state index is 13.1. The zero-order chi connectivity index (χ0) is 12.1. The van der Waals surface area contributed by atoms with E-state index < -0.39 is 0 Å². The maximum Gasteiger partial charge on any atom is 0.123 e. The molecular formula is C14H14BrFO. The van der Waals surface area contributed by atoms with Gasteiger partial charge in [-0.15, -0.1) is 0 Å². The van der Waals surface area contributed by atoms with Crippen molar-refractivity contribution in [1.29, 1.82) is 0 Å². The molecule has 1 unspecified atom stereocenters. The minimum atomic E-state index is -0.167. The number of halogens is 2. The van der Waals surface area contributed by atoms with Crippen LogP contribution in [0, 0.1) is 11.7 Å². The Morgan fingerprint density at radius 3 is 2.65 bits per heavy atom. The molecule has 0 aliphatic carbocycles. The number of furan rings is 1. The Hall–Kier alpha value is -1.09. The van der Waals surface area contributed by atoms with Crippen LogP contribution in [0.5, 0.6) is 0 Å². The Bertz CT molecular complexity index is 453. The summed E-state index contributed by atoms with van der Waals surface area (Å²) in [5, 5.41) is 0.898. The molecule has 0 saturated carbocycles. The van der Waals surface area contributed by atoms with Gasteiger partial charge >= 0.3 is 0 Å². The molecular weight excluding hydrogens is 283 g/mol. The van der Waals surface area contributed by atoms with E-state index in [0.29, 0.717) is 5.92 Å². The number of benzene rings is 1. The first kappa shape index (κ1) is 12.4. The molecule has 0 aliphatic heterocycles. The van der Waals surface area contributed by atoms with E-state index in [1.807, 2.05) is 12.1 Å². The van der Waals surface area contributed by atoms with E-state index in [1.165, 1.54) is 11.6 Å². The quantitative estimate of drug-likeness (QED) is 0.753. The van der Waals surface area contributed by atoms with Crippen molar-refractivity contribution in [3.8, 4) is 0 Å². The highest BCUT2D eigenvalue weighted by Crippen LogP contribution is 2.17. The van der Waals surface area contributed by atoms with Crippen LogP contribution in [0.1, 0.15) is 11.1 Å². The summed E-state index contributed by atoms with van der Waals surface area (Å²) in [6.07, 6.45) is 5.26. The van der Waals surface area contributed by atoms with Gasteiger partial charge in [0.2, 0.25) is 0 Å². The van der Waals surface area contributed by atoms with Crippen molar-refractivity contribution in [2.24, 2.45) is 5.92 Å². The van der Waals surface area contributed by atoms with E-state index in [2.05, 4.69) is 15.9 Å². The van der Waals surface area contributed by atoms with Crippen LogP contribution in [0.3, 0.4) is 0 Å². The highest BCUT2D eigenvalue weighted by Gasteiger charge is 2.10. The van der Waals surface area contributed by atoms with Crippen molar-refractivity contribution in [1.82, 2.24) is 0 Å². The SMILES string of the molecule is Fc1cccc(CC(CBr)Cc2ccoc2)c1. The molecule has 1 nitrogen and oxygen atoms in total. The van der Waals surface area contributed by atoms with E-state index in [1.54, 1.807) is 24.7 Å². The third kappa shape index (κ3) is 3.70. The minimum absolute atomic E-state index is 0.167. The first-order valence-electron chi connectivity index (χ1n) is 5.59. The average molecular weight is 297 g/mol. The molecule has 1 heterocycles. The van der Waals surface area contributed by atoms with Crippen molar-refractivity contribution < 1.29 is 8.81 Å². The van der Waals surface area contributed by atoms with Crippen LogP contribution in [-0.2, 0) is 12.8 Å². The standard InChI is InChI=1S/C14H14BrFO/c15-9-13(7-12-4-5-17-10-12)6-11-2-1-3-14(16)8-11/h1-5,8,10,13H,6-7,9H2. The molecule has 0 saturated heterocycles. The summed E-state index contributed by atoms with van der Waals surface area (Å²) in [7, 11) is 0.